The second-order valence-electron chi connectivity index (χ2n) is 7.26. The molecule has 2 heterocycles. The monoisotopic (exact) mass is 446 g/mol. The Balaban J connectivity index is 1.42. The Morgan fingerprint density at radius 1 is 1.00 bits per heavy atom. The summed E-state index contributed by atoms with van der Waals surface area (Å²) in [5.74, 6) is 1.72. The van der Waals surface area contributed by atoms with Crippen LogP contribution in [-0.4, -0.2) is 35.3 Å². The number of aromatic nitrogens is 6. The van der Waals surface area contributed by atoms with Crippen LogP contribution in [0, 0.1) is 0 Å². The van der Waals surface area contributed by atoms with E-state index in [9.17, 15) is 5.11 Å². The zero-order valence-electron chi connectivity index (χ0n) is 16.9. The summed E-state index contributed by atoms with van der Waals surface area (Å²) in [6, 6.07) is 21.4. The minimum absolute atomic E-state index is 0.186. The molecule has 5 rings (SSSR count). The highest BCUT2D eigenvalue weighted by molar-refractivity contribution is 6.32. The predicted molar refractivity (Wildman–Crippen MR) is 120 cm³/mol. The third-order valence-corrected chi connectivity index (χ3v) is 5.47. The van der Waals surface area contributed by atoms with Crippen molar-refractivity contribution in [2.24, 2.45) is 0 Å². The molecule has 0 aliphatic heterocycles. The largest absolute Gasteiger partial charge is 0.487 e. The molecule has 0 aliphatic rings. The van der Waals surface area contributed by atoms with Crippen LogP contribution < -0.4 is 4.74 Å². The van der Waals surface area contributed by atoms with Crippen molar-refractivity contribution >= 4 is 22.6 Å². The van der Waals surface area contributed by atoms with Crippen molar-refractivity contribution in [1.29, 1.82) is 0 Å². The number of aliphatic hydroxyl groups excluding tert-OH is 1. The quantitative estimate of drug-likeness (QED) is 0.392. The van der Waals surface area contributed by atoms with Crippen molar-refractivity contribution in [2.75, 3.05) is 0 Å². The molecule has 2 aromatic heterocycles. The van der Waals surface area contributed by atoms with Gasteiger partial charge in [-0.3, -0.25) is 0 Å². The zero-order chi connectivity index (χ0) is 21.9. The van der Waals surface area contributed by atoms with Gasteiger partial charge in [0.05, 0.1) is 16.1 Å². The Labute approximate surface area is 188 Å². The van der Waals surface area contributed by atoms with Crippen molar-refractivity contribution in [2.45, 2.75) is 19.8 Å². The average molecular weight is 447 g/mol. The fourth-order valence-electron chi connectivity index (χ4n) is 3.55. The average Bonchev–Trinajstić information content (AvgIpc) is 3.47. The summed E-state index contributed by atoms with van der Waals surface area (Å²) in [5.41, 5.74) is 4.52. The van der Waals surface area contributed by atoms with Crippen LogP contribution in [0.25, 0.3) is 22.4 Å². The molecule has 0 radical (unpaired) electrons. The van der Waals surface area contributed by atoms with Gasteiger partial charge in [0.2, 0.25) is 0 Å². The minimum Gasteiger partial charge on any atom is -0.487 e. The number of imidazole rings is 1. The van der Waals surface area contributed by atoms with Gasteiger partial charge in [-0.2, -0.15) is 0 Å². The van der Waals surface area contributed by atoms with Crippen LogP contribution in [0.15, 0.2) is 66.7 Å². The first-order chi connectivity index (χ1) is 15.7. The Morgan fingerprint density at radius 3 is 2.53 bits per heavy atom. The number of hydrogen-bond donors (Lipinski definition) is 2. The normalized spacial score (nSPS) is 11.2. The number of aromatic amines is 1. The van der Waals surface area contributed by atoms with E-state index in [-0.39, 0.29) is 6.61 Å². The first kappa shape index (κ1) is 20.2. The van der Waals surface area contributed by atoms with E-state index in [1.54, 1.807) is 0 Å². The second-order valence-corrected chi connectivity index (χ2v) is 7.67. The molecule has 5 aromatic rings. The number of benzene rings is 3. The summed E-state index contributed by atoms with van der Waals surface area (Å²) in [6.07, 6.45) is 0. The number of nitrogens with zero attached hydrogens (tertiary/aromatic N) is 5. The highest BCUT2D eigenvalue weighted by Crippen LogP contribution is 2.32. The molecule has 32 heavy (non-hydrogen) atoms. The Kier molecular flexibility index (Phi) is 5.53. The van der Waals surface area contributed by atoms with Crippen molar-refractivity contribution in [3.05, 3.63) is 88.7 Å². The molecular weight excluding hydrogens is 428 g/mol. The van der Waals surface area contributed by atoms with Gasteiger partial charge in [0.15, 0.2) is 5.82 Å². The third kappa shape index (κ3) is 4.05. The van der Waals surface area contributed by atoms with Gasteiger partial charge in [-0.15, -0.1) is 5.10 Å². The fraction of sp³-hybridized carbons (Fsp3) is 0.130. The maximum atomic E-state index is 9.88. The van der Waals surface area contributed by atoms with Gasteiger partial charge in [0, 0.05) is 18.2 Å². The van der Waals surface area contributed by atoms with Crippen LogP contribution in [0.5, 0.6) is 5.75 Å². The molecule has 0 aliphatic carbocycles. The standard InChI is InChI=1S/C23H19ClN6O2/c24-18-10-20-19(11-21(18)32-14-16-4-2-1-3-5-16)25-22(13-31)30(20)12-15-6-8-17(9-7-15)23-26-28-29-27-23/h1-11,31H,12-14H2,(H,26,27,28,29). The van der Waals surface area contributed by atoms with E-state index in [0.29, 0.717) is 41.1 Å². The first-order valence-corrected chi connectivity index (χ1v) is 10.4. The number of H-pyrrole nitrogens is 1. The maximum Gasteiger partial charge on any atom is 0.179 e. The fourth-order valence-corrected chi connectivity index (χ4v) is 3.76. The molecule has 0 saturated carbocycles. The number of halogens is 1. The van der Waals surface area contributed by atoms with E-state index in [1.807, 2.05) is 71.3 Å². The molecule has 9 heteroatoms. The molecule has 0 amide bonds. The molecule has 160 valence electrons. The van der Waals surface area contributed by atoms with Crippen LogP contribution in [0.3, 0.4) is 0 Å². The molecule has 0 atom stereocenters. The molecule has 0 bridgehead atoms. The minimum atomic E-state index is -0.186. The summed E-state index contributed by atoms with van der Waals surface area (Å²) in [6.45, 7) is 0.753. The van der Waals surface area contributed by atoms with Gasteiger partial charge >= 0.3 is 0 Å². The molecule has 0 unspecified atom stereocenters. The topological polar surface area (TPSA) is 102 Å². The Morgan fingerprint density at radius 2 is 1.81 bits per heavy atom. The summed E-state index contributed by atoms with van der Waals surface area (Å²) >= 11 is 6.52. The van der Waals surface area contributed by atoms with E-state index in [0.717, 1.165) is 22.2 Å². The molecule has 0 fully saturated rings. The predicted octanol–water partition coefficient (Wildman–Crippen LogP) is 3.99. The lowest BCUT2D eigenvalue weighted by Gasteiger charge is -2.11. The third-order valence-electron chi connectivity index (χ3n) is 5.17. The number of rotatable bonds is 7. The maximum absolute atomic E-state index is 9.88. The van der Waals surface area contributed by atoms with Gasteiger partial charge in [0.1, 0.15) is 24.8 Å². The smallest absolute Gasteiger partial charge is 0.179 e. The van der Waals surface area contributed by atoms with Crippen LogP contribution in [0.1, 0.15) is 17.0 Å². The molecule has 0 spiro atoms. The van der Waals surface area contributed by atoms with Crippen molar-refractivity contribution < 1.29 is 9.84 Å². The number of hydrogen-bond acceptors (Lipinski definition) is 6. The van der Waals surface area contributed by atoms with Gasteiger partial charge in [-0.05, 0) is 27.6 Å². The van der Waals surface area contributed by atoms with Crippen molar-refractivity contribution in [3.8, 4) is 17.1 Å². The number of aliphatic hydroxyl groups is 1. The van der Waals surface area contributed by atoms with Gasteiger partial charge in [0.25, 0.3) is 0 Å². The van der Waals surface area contributed by atoms with E-state index in [4.69, 9.17) is 16.3 Å². The van der Waals surface area contributed by atoms with E-state index >= 15 is 0 Å². The second kappa shape index (κ2) is 8.78. The van der Waals surface area contributed by atoms with Gasteiger partial charge < -0.3 is 14.4 Å². The van der Waals surface area contributed by atoms with E-state index in [1.165, 1.54) is 0 Å². The van der Waals surface area contributed by atoms with Crippen LogP contribution >= 0.6 is 11.6 Å². The number of nitrogens with one attached hydrogen (secondary N) is 1. The number of tetrazole rings is 1. The highest BCUT2D eigenvalue weighted by atomic mass is 35.5. The Bertz CT molecular complexity index is 1330. The Hall–Kier alpha value is -3.75. The summed E-state index contributed by atoms with van der Waals surface area (Å²) in [5, 5.41) is 24.2. The summed E-state index contributed by atoms with van der Waals surface area (Å²) in [7, 11) is 0. The summed E-state index contributed by atoms with van der Waals surface area (Å²) < 4.78 is 7.87. The zero-order valence-corrected chi connectivity index (χ0v) is 17.7. The van der Waals surface area contributed by atoms with Gasteiger partial charge in [-0.25, -0.2) is 10.1 Å². The van der Waals surface area contributed by atoms with Crippen LogP contribution in [0.4, 0.5) is 0 Å². The molecule has 0 saturated heterocycles. The highest BCUT2D eigenvalue weighted by Gasteiger charge is 2.15. The SMILES string of the molecule is OCc1nc2cc(OCc3ccccc3)c(Cl)cc2n1Cc1ccc(-c2nnn[nH]2)cc1. The lowest BCUT2D eigenvalue weighted by atomic mass is 10.1. The first-order valence-electron chi connectivity index (χ1n) is 10.0. The summed E-state index contributed by atoms with van der Waals surface area (Å²) in [4.78, 5) is 4.59. The number of ether oxygens (including phenoxy) is 1. The van der Waals surface area contributed by atoms with Gasteiger partial charge in [-0.1, -0.05) is 66.2 Å². The van der Waals surface area contributed by atoms with Crippen molar-refractivity contribution in [3.63, 3.8) is 0 Å². The lowest BCUT2D eigenvalue weighted by molar-refractivity contribution is 0.267. The van der Waals surface area contributed by atoms with E-state index in [2.05, 4.69) is 25.6 Å². The van der Waals surface area contributed by atoms with E-state index < -0.39 is 0 Å². The molecule has 3 aromatic carbocycles. The van der Waals surface area contributed by atoms with Crippen LogP contribution in [-0.2, 0) is 19.8 Å². The lowest BCUT2D eigenvalue weighted by Crippen LogP contribution is -2.05. The van der Waals surface area contributed by atoms with Crippen molar-refractivity contribution in [1.82, 2.24) is 30.2 Å². The van der Waals surface area contributed by atoms with Crippen LogP contribution in [0.2, 0.25) is 5.02 Å². The molecule has 8 nitrogen and oxygen atoms in total. The molecular formula is C23H19ClN6O2. The molecule has 2 N–H and O–H groups in total. The number of fused-ring (bicyclic) bond motifs is 1.